The van der Waals surface area contributed by atoms with Crippen LogP contribution in [-0.4, -0.2) is 43.2 Å². The second-order valence-corrected chi connectivity index (χ2v) is 8.46. The summed E-state index contributed by atoms with van der Waals surface area (Å²) in [5.74, 6) is -1.06. The molecule has 0 spiro atoms. The van der Waals surface area contributed by atoms with Crippen LogP contribution < -0.4 is 25.5 Å². The zero-order valence-electron chi connectivity index (χ0n) is 20.2. The third kappa shape index (κ3) is 6.02. The third-order valence-corrected chi connectivity index (χ3v) is 5.83. The van der Waals surface area contributed by atoms with Crippen molar-refractivity contribution in [2.45, 2.75) is 6.42 Å². The molecule has 0 aliphatic carbocycles. The van der Waals surface area contributed by atoms with Gasteiger partial charge in [-0.05, 0) is 60.5 Å². The van der Waals surface area contributed by atoms with Gasteiger partial charge in [-0.3, -0.25) is 19.8 Å². The molecule has 3 amide bonds. The molecule has 3 aromatic carbocycles. The van der Waals surface area contributed by atoms with Gasteiger partial charge < -0.3 is 20.1 Å². The first-order valence-corrected chi connectivity index (χ1v) is 11.7. The molecule has 0 atom stereocenters. The molecule has 10 heteroatoms. The lowest BCUT2D eigenvalue weighted by atomic mass is 10.1. The van der Waals surface area contributed by atoms with Gasteiger partial charge in [0.2, 0.25) is 0 Å². The summed E-state index contributed by atoms with van der Waals surface area (Å²) >= 11 is 6.11. The number of para-hydroxylation sites is 1. The number of halogens is 1. The molecule has 0 radical (unpaired) electrons. The standard InChI is InChI=1S/C27H25ClN4O5/c1-36-23-11-8-17(14-24(23)37-2)12-13-29-26(34)27(35)31-32-21-10-9-19(28)15-18(21)16-22(32)25(33)30-20-6-4-3-5-7-20/h3-11,14-16H,12-13H2,1-2H3,(H,29,34)(H,30,33)(H,31,35). The summed E-state index contributed by atoms with van der Waals surface area (Å²) in [4.78, 5) is 38.3. The second kappa shape index (κ2) is 11.5. The van der Waals surface area contributed by atoms with Crippen molar-refractivity contribution in [1.82, 2.24) is 9.99 Å². The highest BCUT2D eigenvalue weighted by molar-refractivity contribution is 6.38. The minimum Gasteiger partial charge on any atom is -0.493 e. The summed E-state index contributed by atoms with van der Waals surface area (Å²) in [7, 11) is 3.09. The first-order valence-electron chi connectivity index (χ1n) is 11.4. The monoisotopic (exact) mass is 520 g/mol. The van der Waals surface area contributed by atoms with Gasteiger partial charge in [-0.25, -0.2) is 4.68 Å². The lowest BCUT2D eigenvalue weighted by Gasteiger charge is -2.13. The van der Waals surface area contributed by atoms with Crippen LogP contribution in [0.3, 0.4) is 0 Å². The van der Waals surface area contributed by atoms with E-state index in [4.69, 9.17) is 21.1 Å². The molecule has 4 rings (SSSR count). The molecule has 0 fully saturated rings. The van der Waals surface area contributed by atoms with Gasteiger partial charge in [0.05, 0.1) is 19.7 Å². The largest absolute Gasteiger partial charge is 0.493 e. The third-order valence-electron chi connectivity index (χ3n) is 5.59. The molecule has 37 heavy (non-hydrogen) atoms. The molecule has 0 unspecified atom stereocenters. The number of fused-ring (bicyclic) bond motifs is 1. The summed E-state index contributed by atoms with van der Waals surface area (Å²) in [6.45, 7) is 0.213. The van der Waals surface area contributed by atoms with Crippen molar-refractivity contribution in [2.75, 3.05) is 31.5 Å². The molecular formula is C27H25ClN4O5. The Morgan fingerprint density at radius 2 is 1.62 bits per heavy atom. The number of nitrogens with zero attached hydrogens (tertiary/aromatic N) is 1. The zero-order chi connectivity index (χ0) is 26.4. The molecule has 0 aliphatic heterocycles. The van der Waals surface area contributed by atoms with E-state index in [0.717, 1.165) is 5.56 Å². The minimum absolute atomic E-state index is 0.132. The van der Waals surface area contributed by atoms with Crippen molar-refractivity contribution in [2.24, 2.45) is 0 Å². The smallest absolute Gasteiger partial charge is 0.328 e. The van der Waals surface area contributed by atoms with Gasteiger partial charge in [0.15, 0.2) is 11.5 Å². The molecule has 1 aromatic heterocycles. The Labute approximate surface area is 218 Å². The van der Waals surface area contributed by atoms with E-state index in [1.54, 1.807) is 74.9 Å². The van der Waals surface area contributed by atoms with E-state index in [1.807, 2.05) is 12.1 Å². The van der Waals surface area contributed by atoms with E-state index < -0.39 is 17.7 Å². The first-order chi connectivity index (χ1) is 17.9. The lowest BCUT2D eigenvalue weighted by molar-refractivity contribution is -0.136. The van der Waals surface area contributed by atoms with Gasteiger partial charge in [0.25, 0.3) is 5.91 Å². The minimum atomic E-state index is -0.923. The molecule has 0 saturated carbocycles. The number of ether oxygens (including phenoxy) is 2. The number of nitrogens with one attached hydrogen (secondary N) is 3. The Morgan fingerprint density at radius 1 is 0.865 bits per heavy atom. The zero-order valence-corrected chi connectivity index (χ0v) is 21.0. The number of carbonyl (C=O) groups excluding carboxylic acids is 3. The average molecular weight is 521 g/mol. The number of anilines is 1. The van der Waals surface area contributed by atoms with Crippen LogP contribution in [-0.2, 0) is 16.0 Å². The predicted molar refractivity (Wildman–Crippen MR) is 142 cm³/mol. The second-order valence-electron chi connectivity index (χ2n) is 8.02. The van der Waals surface area contributed by atoms with Gasteiger partial charge in [-0.2, -0.15) is 0 Å². The average Bonchev–Trinajstić information content (AvgIpc) is 3.26. The summed E-state index contributed by atoms with van der Waals surface area (Å²) in [6, 6.07) is 20.9. The fourth-order valence-electron chi connectivity index (χ4n) is 3.78. The van der Waals surface area contributed by atoms with Crippen LogP contribution in [0.5, 0.6) is 11.5 Å². The van der Waals surface area contributed by atoms with E-state index in [-0.39, 0.29) is 12.2 Å². The number of aromatic nitrogens is 1. The maximum Gasteiger partial charge on any atom is 0.328 e. The van der Waals surface area contributed by atoms with Crippen LogP contribution in [0.2, 0.25) is 5.02 Å². The van der Waals surface area contributed by atoms with Crippen LogP contribution in [0.15, 0.2) is 72.8 Å². The van der Waals surface area contributed by atoms with Crippen molar-refractivity contribution in [3.63, 3.8) is 0 Å². The van der Waals surface area contributed by atoms with Crippen molar-refractivity contribution in [1.29, 1.82) is 0 Å². The van der Waals surface area contributed by atoms with E-state index in [9.17, 15) is 14.4 Å². The summed E-state index contributed by atoms with van der Waals surface area (Å²) < 4.78 is 11.8. The first kappa shape index (κ1) is 25.6. The SMILES string of the molecule is COc1ccc(CCNC(=O)C(=O)Nn2c(C(=O)Nc3ccccc3)cc3cc(Cl)ccc32)cc1OC. The van der Waals surface area contributed by atoms with Crippen LogP contribution >= 0.6 is 11.6 Å². The Kier molecular flexibility index (Phi) is 7.95. The Morgan fingerprint density at radius 3 is 2.35 bits per heavy atom. The van der Waals surface area contributed by atoms with Crippen LogP contribution in [0.25, 0.3) is 10.9 Å². The topological polar surface area (TPSA) is 111 Å². The molecule has 0 bridgehead atoms. The lowest BCUT2D eigenvalue weighted by Crippen LogP contribution is -2.40. The highest BCUT2D eigenvalue weighted by atomic mass is 35.5. The van der Waals surface area contributed by atoms with Crippen LogP contribution in [0, 0.1) is 0 Å². The van der Waals surface area contributed by atoms with Crippen molar-refractivity contribution in [3.8, 4) is 11.5 Å². The molecule has 3 N–H and O–H groups in total. The van der Waals surface area contributed by atoms with Crippen LogP contribution in [0.4, 0.5) is 5.69 Å². The van der Waals surface area contributed by atoms with E-state index in [1.165, 1.54) is 4.68 Å². The van der Waals surface area contributed by atoms with Crippen molar-refractivity contribution in [3.05, 3.63) is 89.1 Å². The molecule has 1 heterocycles. The summed E-state index contributed by atoms with van der Waals surface area (Å²) in [6.07, 6.45) is 0.467. The Balaban J connectivity index is 1.46. The highest BCUT2D eigenvalue weighted by Crippen LogP contribution is 2.27. The quantitative estimate of drug-likeness (QED) is 0.304. The number of carbonyl (C=O) groups is 3. The van der Waals surface area contributed by atoms with Gasteiger partial charge in [-0.15, -0.1) is 0 Å². The molecule has 0 aliphatic rings. The summed E-state index contributed by atoms with van der Waals surface area (Å²) in [5, 5.41) is 6.48. The number of rotatable bonds is 8. The molecule has 0 saturated heterocycles. The van der Waals surface area contributed by atoms with Gasteiger partial charge >= 0.3 is 11.8 Å². The van der Waals surface area contributed by atoms with Crippen molar-refractivity contribution < 1.29 is 23.9 Å². The molecular weight excluding hydrogens is 496 g/mol. The highest BCUT2D eigenvalue weighted by Gasteiger charge is 2.21. The van der Waals surface area contributed by atoms with Crippen molar-refractivity contribution >= 4 is 45.9 Å². The van der Waals surface area contributed by atoms with E-state index in [0.29, 0.717) is 39.5 Å². The number of benzene rings is 3. The fraction of sp³-hybridized carbons (Fsp3) is 0.148. The maximum absolute atomic E-state index is 13.0. The molecule has 4 aromatic rings. The number of methoxy groups -OCH3 is 2. The van der Waals surface area contributed by atoms with E-state index in [2.05, 4.69) is 16.1 Å². The van der Waals surface area contributed by atoms with Gasteiger partial charge in [-0.1, -0.05) is 35.9 Å². The predicted octanol–water partition coefficient (Wildman–Crippen LogP) is 3.99. The maximum atomic E-state index is 13.0. The number of amides is 3. The van der Waals surface area contributed by atoms with Gasteiger partial charge in [0.1, 0.15) is 5.69 Å². The number of hydrogen-bond donors (Lipinski definition) is 3. The number of hydrogen-bond acceptors (Lipinski definition) is 5. The molecule has 9 nitrogen and oxygen atoms in total. The Hall–Kier alpha value is -4.50. The van der Waals surface area contributed by atoms with E-state index >= 15 is 0 Å². The van der Waals surface area contributed by atoms with Crippen LogP contribution in [0.1, 0.15) is 16.1 Å². The molecule has 190 valence electrons. The Bertz CT molecular complexity index is 1450. The van der Waals surface area contributed by atoms with Gasteiger partial charge in [0, 0.05) is 22.6 Å². The summed E-state index contributed by atoms with van der Waals surface area (Å²) in [5.41, 5.74) is 4.65. The normalized spacial score (nSPS) is 10.6. The fourth-order valence-corrected chi connectivity index (χ4v) is 3.96.